The third-order valence-corrected chi connectivity index (χ3v) is 5.23. The van der Waals surface area contributed by atoms with Gasteiger partial charge in [0.2, 0.25) is 0 Å². The van der Waals surface area contributed by atoms with Crippen molar-refractivity contribution in [3.05, 3.63) is 53.9 Å². The van der Waals surface area contributed by atoms with Crippen molar-refractivity contribution in [2.24, 2.45) is 5.41 Å². The zero-order valence-corrected chi connectivity index (χ0v) is 21.5. The number of ketones is 1. The number of imidazole rings is 1. The maximum atomic E-state index is 12.7. The van der Waals surface area contributed by atoms with Crippen molar-refractivity contribution >= 4 is 28.4 Å². The van der Waals surface area contributed by atoms with E-state index >= 15 is 0 Å². The summed E-state index contributed by atoms with van der Waals surface area (Å²) in [6.07, 6.45) is 0. The Balaban J connectivity index is 1.40. The predicted molar refractivity (Wildman–Crippen MR) is 139 cm³/mol. The monoisotopic (exact) mass is 513 g/mol. The van der Waals surface area contributed by atoms with E-state index in [2.05, 4.69) is 15.3 Å². The number of anilines is 1. The number of nitrogens with one attached hydrogen (secondary N) is 2. The minimum Gasteiger partial charge on any atom is -0.491 e. The van der Waals surface area contributed by atoms with Crippen LogP contribution < -0.4 is 10.1 Å². The first-order valence-corrected chi connectivity index (χ1v) is 12.2. The van der Waals surface area contributed by atoms with Crippen LogP contribution in [0.4, 0.5) is 5.69 Å². The van der Waals surface area contributed by atoms with Crippen molar-refractivity contribution in [2.75, 3.05) is 58.2 Å². The van der Waals surface area contributed by atoms with Gasteiger partial charge in [0.05, 0.1) is 57.3 Å². The van der Waals surface area contributed by atoms with Gasteiger partial charge in [-0.15, -0.1) is 0 Å². The fourth-order valence-electron chi connectivity index (χ4n) is 3.34. The van der Waals surface area contributed by atoms with E-state index in [1.165, 1.54) is 0 Å². The van der Waals surface area contributed by atoms with E-state index in [0.29, 0.717) is 74.3 Å². The summed E-state index contributed by atoms with van der Waals surface area (Å²) in [5.41, 5.74) is 1.90. The number of nitrogens with zero attached hydrogens (tertiary/aromatic N) is 1. The Labute approximate surface area is 216 Å². The van der Waals surface area contributed by atoms with Crippen LogP contribution in [-0.2, 0) is 14.2 Å². The van der Waals surface area contributed by atoms with Gasteiger partial charge in [-0.2, -0.15) is 0 Å². The van der Waals surface area contributed by atoms with Crippen LogP contribution in [-0.4, -0.2) is 79.6 Å². The smallest absolute Gasteiger partial charge is 0.291 e. The highest BCUT2D eigenvalue weighted by molar-refractivity contribution is 6.05. The molecule has 1 amide bonds. The SMILES string of the molecule is CC(C)(C)C(=O)c1ccc2[nH]c(C(=O)Nc3ccc(OCCOCCOCCOCCO)cc3)nc2c1. The molecule has 2 aromatic carbocycles. The highest BCUT2D eigenvalue weighted by Gasteiger charge is 2.23. The van der Waals surface area contributed by atoms with E-state index in [4.69, 9.17) is 24.1 Å². The molecule has 0 atom stereocenters. The van der Waals surface area contributed by atoms with Crippen molar-refractivity contribution in [2.45, 2.75) is 20.8 Å². The van der Waals surface area contributed by atoms with Gasteiger partial charge in [0.1, 0.15) is 12.4 Å². The zero-order valence-electron chi connectivity index (χ0n) is 21.5. The first-order chi connectivity index (χ1) is 17.8. The summed E-state index contributed by atoms with van der Waals surface area (Å²) in [7, 11) is 0. The first-order valence-electron chi connectivity index (χ1n) is 12.2. The molecular weight excluding hydrogens is 478 g/mol. The van der Waals surface area contributed by atoms with Crippen molar-refractivity contribution in [1.29, 1.82) is 0 Å². The van der Waals surface area contributed by atoms with Gasteiger partial charge in [0.15, 0.2) is 11.6 Å². The van der Waals surface area contributed by atoms with Crippen LogP contribution >= 0.6 is 0 Å². The number of ether oxygens (including phenoxy) is 4. The molecule has 200 valence electrons. The quantitative estimate of drug-likeness (QED) is 0.208. The number of aromatic nitrogens is 2. The number of rotatable bonds is 15. The maximum Gasteiger partial charge on any atom is 0.291 e. The number of hydrogen-bond acceptors (Lipinski definition) is 8. The van der Waals surface area contributed by atoms with Crippen LogP contribution in [0.2, 0.25) is 0 Å². The Bertz CT molecular complexity index is 1150. The maximum absolute atomic E-state index is 12.7. The number of amides is 1. The second-order valence-electron chi connectivity index (χ2n) is 9.28. The Morgan fingerprint density at radius 3 is 2.14 bits per heavy atom. The van der Waals surface area contributed by atoms with Gasteiger partial charge in [0, 0.05) is 16.7 Å². The molecule has 0 fully saturated rings. The number of aromatic amines is 1. The molecule has 0 bridgehead atoms. The Kier molecular flexibility index (Phi) is 10.6. The fourth-order valence-corrected chi connectivity index (χ4v) is 3.34. The van der Waals surface area contributed by atoms with Crippen molar-refractivity contribution in [1.82, 2.24) is 9.97 Å². The lowest BCUT2D eigenvalue weighted by Gasteiger charge is -2.16. The lowest BCUT2D eigenvalue weighted by molar-refractivity contribution is 0.00361. The van der Waals surface area contributed by atoms with Gasteiger partial charge in [-0.3, -0.25) is 9.59 Å². The van der Waals surface area contributed by atoms with Crippen LogP contribution in [0.25, 0.3) is 11.0 Å². The number of carbonyl (C=O) groups is 2. The van der Waals surface area contributed by atoms with E-state index in [1.807, 2.05) is 20.8 Å². The van der Waals surface area contributed by atoms with Gasteiger partial charge in [-0.25, -0.2) is 4.98 Å². The summed E-state index contributed by atoms with van der Waals surface area (Å²) in [5.74, 6) is 0.445. The summed E-state index contributed by atoms with van der Waals surface area (Å²) in [6, 6.07) is 12.2. The summed E-state index contributed by atoms with van der Waals surface area (Å²) in [6.45, 7) is 8.52. The lowest BCUT2D eigenvalue weighted by Crippen LogP contribution is -2.19. The Hall–Kier alpha value is -3.31. The summed E-state index contributed by atoms with van der Waals surface area (Å²) in [5, 5.41) is 11.4. The minimum atomic E-state index is -0.500. The predicted octanol–water partition coefficient (Wildman–Crippen LogP) is 3.46. The number of Topliss-reactive ketones (excluding diaryl/α,β-unsaturated/α-hetero) is 1. The van der Waals surface area contributed by atoms with Crippen molar-refractivity contribution in [3.8, 4) is 5.75 Å². The highest BCUT2D eigenvalue weighted by Crippen LogP contribution is 2.23. The third kappa shape index (κ3) is 8.94. The first kappa shape index (κ1) is 28.3. The van der Waals surface area contributed by atoms with Gasteiger partial charge < -0.3 is 34.4 Å². The summed E-state index contributed by atoms with van der Waals surface area (Å²) in [4.78, 5) is 32.6. The highest BCUT2D eigenvalue weighted by atomic mass is 16.6. The summed E-state index contributed by atoms with van der Waals surface area (Å²) >= 11 is 0. The molecular formula is C27H35N3O7. The molecule has 0 saturated heterocycles. The molecule has 3 rings (SSSR count). The second-order valence-corrected chi connectivity index (χ2v) is 9.28. The average molecular weight is 514 g/mol. The molecule has 10 nitrogen and oxygen atoms in total. The molecule has 1 aromatic heterocycles. The van der Waals surface area contributed by atoms with Crippen LogP contribution in [0.15, 0.2) is 42.5 Å². The topological polar surface area (TPSA) is 132 Å². The molecule has 0 radical (unpaired) electrons. The van der Waals surface area contributed by atoms with E-state index in [0.717, 1.165) is 0 Å². The summed E-state index contributed by atoms with van der Waals surface area (Å²) < 4.78 is 21.5. The number of H-pyrrole nitrogens is 1. The number of benzene rings is 2. The second kappa shape index (κ2) is 13.8. The van der Waals surface area contributed by atoms with Crippen molar-refractivity contribution in [3.63, 3.8) is 0 Å². The van der Waals surface area contributed by atoms with Gasteiger partial charge in [0.25, 0.3) is 5.91 Å². The standard InChI is InChI=1S/C27H35N3O7/c1-27(2,3)24(32)19-4-9-22-23(18-19)30-25(29-22)26(33)28-20-5-7-21(8-6-20)37-17-16-36-15-14-35-13-12-34-11-10-31/h4-9,18,31H,10-17H2,1-3H3,(H,28,33)(H,29,30). The van der Waals surface area contributed by atoms with Gasteiger partial charge in [-0.05, 0) is 42.5 Å². The molecule has 0 aliphatic carbocycles. The van der Waals surface area contributed by atoms with Gasteiger partial charge >= 0.3 is 0 Å². The normalized spacial score (nSPS) is 11.6. The number of aliphatic hydroxyl groups is 1. The average Bonchev–Trinajstić information content (AvgIpc) is 3.31. The molecule has 0 spiro atoms. The molecule has 0 saturated carbocycles. The van der Waals surface area contributed by atoms with Crippen LogP contribution in [0.5, 0.6) is 5.75 Å². The molecule has 0 aliphatic heterocycles. The molecule has 3 aromatic rings. The van der Waals surface area contributed by atoms with E-state index in [-0.39, 0.29) is 24.1 Å². The van der Waals surface area contributed by atoms with Crippen LogP contribution in [0, 0.1) is 5.41 Å². The van der Waals surface area contributed by atoms with E-state index < -0.39 is 5.41 Å². The number of carbonyl (C=O) groups excluding carboxylic acids is 2. The largest absolute Gasteiger partial charge is 0.491 e. The number of fused-ring (bicyclic) bond motifs is 1. The lowest BCUT2D eigenvalue weighted by atomic mass is 9.86. The zero-order chi connectivity index (χ0) is 26.7. The van der Waals surface area contributed by atoms with E-state index in [9.17, 15) is 9.59 Å². The Morgan fingerprint density at radius 2 is 1.51 bits per heavy atom. The fraction of sp³-hybridized carbons (Fsp3) is 0.444. The molecule has 10 heteroatoms. The van der Waals surface area contributed by atoms with Gasteiger partial charge in [-0.1, -0.05) is 20.8 Å². The van der Waals surface area contributed by atoms with Crippen molar-refractivity contribution < 1.29 is 33.6 Å². The molecule has 3 N–H and O–H groups in total. The molecule has 1 heterocycles. The number of aliphatic hydroxyl groups excluding tert-OH is 1. The molecule has 37 heavy (non-hydrogen) atoms. The Morgan fingerprint density at radius 1 is 0.892 bits per heavy atom. The molecule has 0 aliphatic rings. The molecule has 0 unspecified atom stereocenters. The minimum absolute atomic E-state index is 0.00655. The van der Waals surface area contributed by atoms with Crippen LogP contribution in [0.1, 0.15) is 41.7 Å². The van der Waals surface area contributed by atoms with E-state index in [1.54, 1.807) is 42.5 Å². The third-order valence-electron chi connectivity index (χ3n) is 5.23. The van der Waals surface area contributed by atoms with Crippen LogP contribution in [0.3, 0.4) is 0 Å². The number of hydrogen-bond donors (Lipinski definition) is 3.